The van der Waals surface area contributed by atoms with Crippen molar-refractivity contribution >= 4 is 57.6 Å². The molecule has 38 heavy (non-hydrogen) atoms. The summed E-state index contributed by atoms with van der Waals surface area (Å²) in [5.41, 5.74) is 0.653. The first-order valence-corrected chi connectivity index (χ1v) is 12.7. The van der Waals surface area contributed by atoms with Crippen molar-refractivity contribution in [1.82, 2.24) is 0 Å². The van der Waals surface area contributed by atoms with Gasteiger partial charge in [0.2, 0.25) is 0 Å². The van der Waals surface area contributed by atoms with Gasteiger partial charge in [-0.15, -0.1) is 0 Å². The molecule has 1 saturated carbocycles. The molecule has 1 N–H and O–H groups in total. The molecular weight excluding hydrogens is 527 g/mol. The highest BCUT2D eigenvalue weighted by Gasteiger charge is 2.58. The number of hydrogen-bond acceptors (Lipinski definition) is 3. The van der Waals surface area contributed by atoms with E-state index in [0.29, 0.717) is 23.8 Å². The Kier molecular flexibility index (Phi) is 6.67. The molecule has 1 spiro atoms. The highest BCUT2D eigenvalue weighted by molar-refractivity contribution is 7.81. The highest BCUT2D eigenvalue weighted by Crippen LogP contribution is 2.49. The Hall–Kier alpha value is -3.81. The van der Waals surface area contributed by atoms with Crippen LogP contribution in [0.1, 0.15) is 36.0 Å². The standard InChI is InChI=1S/C28H22F3N5S2/c1-18-8-11-21(12-9-18)36-26(38)35(22-13-10-19(17-32)23(16-22)28(29,30)31)24(27(36)14-5-15-27)34-25(37)33-20-6-3-2-4-7-20/h2-4,6-13,16H,5,14-15H2,1H3,(H,33,37). The van der Waals surface area contributed by atoms with Gasteiger partial charge in [-0.05, 0) is 93.1 Å². The van der Waals surface area contributed by atoms with Crippen molar-refractivity contribution in [3.05, 3.63) is 89.5 Å². The summed E-state index contributed by atoms with van der Waals surface area (Å²) in [4.78, 5) is 8.30. The number of nitrogens with zero attached hydrogens (tertiary/aromatic N) is 4. The molecular formula is C28H22F3N5S2. The van der Waals surface area contributed by atoms with Crippen molar-refractivity contribution in [1.29, 1.82) is 5.26 Å². The lowest BCUT2D eigenvalue weighted by molar-refractivity contribution is -0.137. The quantitative estimate of drug-likeness (QED) is 0.348. The zero-order valence-electron chi connectivity index (χ0n) is 20.3. The topological polar surface area (TPSA) is 54.7 Å². The number of para-hydroxylation sites is 1. The lowest BCUT2D eigenvalue weighted by Gasteiger charge is -2.44. The summed E-state index contributed by atoms with van der Waals surface area (Å²) in [5.74, 6) is 0.459. The molecule has 0 radical (unpaired) electrons. The van der Waals surface area contributed by atoms with Crippen molar-refractivity contribution in [3.8, 4) is 6.07 Å². The van der Waals surface area contributed by atoms with Gasteiger partial charge < -0.3 is 10.2 Å². The summed E-state index contributed by atoms with van der Waals surface area (Å²) >= 11 is 11.5. The fraction of sp³-hybridized carbons (Fsp3) is 0.214. The van der Waals surface area contributed by atoms with Gasteiger partial charge in [-0.2, -0.15) is 18.4 Å². The van der Waals surface area contributed by atoms with Crippen LogP contribution in [-0.2, 0) is 6.18 Å². The lowest BCUT2D eigenvalue weighted by atomic mass is 9.74. The number of amidine groups is 1. The van der Waals surface area contributed by atoms with E-state index in [9.17, 15) is 18.4 Å². The first-order chi connectivity index (χ1) is 18.1. The van der Waals surface area contributed by atoms with E-state index in [1.165, 1.54) is 12.1 Å². The predicted octanol–water partition coefficient (Wildman–Crippen LogP) is 7.22. The largest absolute Gasteiger partial charge is 0.417 e. The molecule has 2 fully saturated rings. The Labute approximate surface area is 229 Å². The minimum atomic E-state index is -4.71. The summed E-state index contributed by atoms with van der Waals surface area (Å²) in [6.07, 6.45) is -2.41. The summed E-state index contributed by atoms with van der Waals surface area (Å²) in [6.45, 7) is 1.98. The number of anilines is 3. The third-order valence-electron chi connectivity index (χ3n) is 6.83. The van der Waals surface area contributed by atoms with E-state index in [4.69, 9.17) is 29.4 Å². The van der Waals surface area contributed by atoms with Gasteiger partial charge in [0.1, 0.15) is 11.4 Å². The third kappa shape index (κ3) is 4.52. The molecule has 3 aromatic carbocycles. The molecule has 1 aliphatic heterocycles. The maximum Gasteiger partial charge on any atom is 0.417 e. The molecule has 1 heterocycles. The van der Waals surface area contributed by atoms with Crippen LogP contribution in [-0.4, -0.2) is 21.6 Å². The molecule has 5 nitrogen and oxygen atoms in total. The molecule has 1 aliphatic carbocycles. The Morgan fingerprint density at radius 1 is 1.03 bits per heavy atom. The number of nitrogens with one attached hydrogen (secondary N) is 1. The van der Waals surface area contributed by atoms with E-state index >= 15 is 0 Å². The van der Waals surface area contributed by atoms with Crippen LogP contribution in [0.5, 0.6) is 0 Å². The van der Waals surface area contributed by atoms with Crippen LogP contribution in [0.3, 0.4) is 0 Å². The number of rotatable bonds is 3. The fourth-order valence-electron chi connectivity index (χ4n) is 4.85. The van der Waals surface area contributed by atoms with Crippen molar-refractivity contribution in [2.75, 3.05) is 15.1 Å². The van der Waals surface area contributed by atoms with Crippen LogP contribution >= 0.6 is 24.4 Å². The van der Waals surface area contributed by atoms with Crippen LogP contribution in [0.4, 0.5) is 30.2 Å². The van der Waals surface area contributed by atoms with E-state index in [1.54, 1.807) is 11.0 Å². The van der Waals surface area contributed by atoms with Gasteiger partial charge in [0.05, 0.1) is 22.9 Å². The lowest BCUT2D eigenvalue weighted by Crippen LogP contribution is -2.55. The monoisotopic (exact) mass is 549 g/mol. The first kappa shape index (κ1) is 25.8. The van der Waals surface area contributed by atoms with Gasteiger partial charge in [0.25, 0.3) is 0 Å². The average molecular weight is 550 g/mol. The number of aryl methyl sites for hydroxylation is 1. The van der Waals surface area contributed by atoms with Gasteiger partial charge in [-0.1, -0.05) is 35.9 Å². The van der Waals surface area contributed by atoms with E-state index in [2.05, 4.69) is 5.32 Å². The number of alkyl halides is 3. The van der Waals surface area contributed by atoms with Crippen LogP contribution in [0.15, 0.2) is 77.8 Å². The summed E-state index contributed by atoms with van der Waals surface area (Å²) in [6, 6.07) is 22.3. The SMILES string of the molecule is Cc1ccc(N2C(=S)N(c3ccc(C#N)c(C(F)(F)F)c3)C(=NC(=S)Nc3ccccc3)C23CCC3)cc1. The maximum atomic E-state index is 13.9. The van der Waals surface area contributed by atoms with Crippen molar-refractivity contribution < 1.29 is 13.2 Å². The summed E-state index contributed by atoms with van der Waals surface area (Å²) in [7, 11) is 0. The van der Waals surface area contributed by atoms with Crippen LogP contribution in [0.25, 0.3) is 0 Å². The Morgan fingerprint density at radius 2 is 1.68 bits per heavy atom. The third-order valence-corrected chi connectivity index (χ3v) is 7.39. The molecule has 10 heteroatoms. The van der Waals surface area contributed by atoms with Crippen molar-refractivity contribution in [2.24, 2.45) is 4.99 Å². The molecule has 0 aromatic heterocycles. The molecule has 0 atom stereocenters. The molecule has 0 bridgehead atoms. The molecule has 192 valence electrons. The Balaban J connectivity index is 1.66. The van der Waals surface area contributed by atoms with Gasteiger partial charge in [0.15, 0.2) is 10.2 Å². The van der Waals surface area contributed by atoms with Gasteiger partial charge in [0, 0.05) is 11.4 Å². The molecule has 3 aromatic rings. The second-order valence-electron chi connectivity index (χ2n) is 9.25. The minimum Gasteiger partial charge on any atom is -0.331 e. The van der Waals surface area contributed by atoms with Crippen molar-refractivity contribution in [2.45, 2.75) is 37.9 Å². The van der Waals surface area contributed by atoms with E-state index in [-0.39, 0.29) is 10.8 Å². The molecule has 5 rings (SSSR count). The first-order valence-electron chi connectivity index (χ1n) is 11.9. The summed E-state index contributed by atoms with van der Waals surface area (Å²) < 4.78 is 41.7. The average Bonchev–Trinajstić information content (AvgIpc) is 3.12. The zero-order chi connectivity index (χ0) is 27.1. The number of halogens is 3. The van der Waals surface area contributed by atoms with Gasteiger partial charge in [-0.25, -0.2) is 4.99 Å². The number of benzene rings is 3. The number of thiocarbonyl (C=S) groups is 2. The molecule has 0 unspecified atom stereocenters. The summed E-state index contributed by atoms with van der Waals surface area (Å²) in [5, 5.41) is 12.9. The van der Waals surface area contributed by atoms with Crippen LogP contribution in [0, 0.1) is 18.3 Å². The second-order valence-corrected chi connectivity index (χ2v) is 10.00. The molecule has 0 amide bonds. The smallest absolute Gasteiger partial charge is 0.331 e. The van der Waals surface area contributed by atoms with E-state index < -0.39 is 22.8 Å². The Bertz CT molecular complexity index is 1470. The minimum absolute atomic E-state index is 0.167. The van der Waals surface area contributed by atoms with Gasteiger partial charge >= 0.3 is 6.18 Å². The highest BCUT2D eigenvalue weighted by atomic mass is 32.1. The molecule has 1 saturated heterocycles. The number of aliphatic imine (C=N–C) groups is 1. The number of hydrogen-bond donors (Lipinski definition) is 1. The normalized spacial score (nSPS) is 17.4. The van der Waals surface area contributed by atoms with E-state index in [0.717, 1.165) is 29.4 Å². The van der Waals surface area contributed by atoms with Crippen LogP contribution < -0.4 is 15.1 Å². The fourth-order valence-corrected chi connectivity index (χ4v) is 5.53. The van der Waals surface area contributed by atoms with Crippen LogP contribution in [0.2, 0.25) is 0 Å². The molecule has 2 aliphatic rings. The Morgan fingerprint density at radius 3 is 2.26 bits per heavy atom. The predicted molar refractivity (Wildman–Crippen MR) is 152 cm³/mol. The number of nitriles is 1. The zero-order valence-corrected chi connectivity index (χ0v) is 21.9. The van der Waals surface area contributed by atoms with Gasteiger partial charge in [-0.3, -0.25) is 4.90 Å². The maximum absolute atomic E-state index is 13.9. The van der Waals surface area contributed by atoms with E-state index in [1.807, 2.05) is 66.4 Å². The second kappa shape index (κ2) is 9.82. The van der Waals surface area contributed by atoms with Crippen molar-refractivity contribution in [3.63, 3.8) is 0 Å².